The molecule has 1 rings (SSSR count). The summed E-state index contributed by atoms with van der Waals surface area (Å²) in [5.74, 6) is 0.224. The largest absolute Gasteiger partial charge is 0.497 e. The van der Waals surface area contributed by atoms with E-state index < -0.39 is 22.5 Å². The number of benzene rings is 1. The smallest absolute Gasteiger partial charge is 0.260 e. The van der Waals surface area contributed by atoms with Gasteiger partial charge in [-0.3, -0.25) is 9.10 Å². The number of rotatable bonds is 7. The minimum Gasteiger partial charge on any atom is -0.497 e. The third-order valence-electron chi connectivity index (χ3n) is 2.75. The second-order valence-electron chi connectivity index (χ2n) is 4.90. The fourth-order valence-electron chi connectivity index (χ4n) is 1.71. The topological polar surface area (TPSA) is 97.3 Å². The summed E-state index contributed by atoms with van der Waals surface area (Å²) < 4.78 is 35.3. The summed E-state index contributed by atoms with van der Waals surface area (Å²) in [6.07, 6.45) is 1.01. The Morgan fingerprint density at radius 1 is 1.26 bits per heavy atom. The number of hydrogen-bond donors (Lipinski definition) is 1. The Hall–Kier alpha value is -2.29. The van der Waals surface area contributed by atoms with Gasteiger partial charge in [-0.15, -0.1) is 0 Å². The normalized spacial score (nSPS) is 10.7. The molecule has 1 aromatic rings. The molecule has 9 heteroatoms. The van der Waals surface area contributed by atoms with Gasteiger partial charge in [-0.05, 0) is 26.0 Å². The van der Waals surface area contributed by atoms with E-state index >= 15 is 0 Å². The molecule has 0 spiro atoms. The maximum atomic E-state index is 12.1. The lowest BCUT2D eigenvalue weighted by atomic mass is 10.2. The number of nitrogens with one attached hydrogen (secondary N) is 1. The zero-order chi connectivity index (χ0) is 17.6. The minimum absolute atomic E-state index is 0.239. The van der Waals surface area contributed by atoms with Crippen LogP contribution < -0.4 is 19.2 Å². The van der Waals surface area contributed by atoms with Crippen LogP contribution in [0.25, 0.3) is 0 Å². The fourth-order valence-corrected chi connectivity index (χ4v) is 2.57. The van der Waals surface area contributed by atoms with E-state index in [4.69, 9.17) is 9.47 Å². The Morgan fingerprint density at radius 3 is 2.39 bits per heavy atom. The van der Waals surface area contributed by atoms with Crippen molar-refractivity contribution in [1.82, 2.24) is 5.43 Å². The van der Waals surface area contributed by atoms with Crippen molar-refractivity contribution in [1.29, 1.82) is 0 Å². The standard InChI is InChI=1S/C14H21N3O5S/c1-10(2)15-16-14(18)9-17(23(5,19)20)12-7-6-11(21-3)8-13(12)22-4/h6-8H,9H2,1-5H3,(H,16,18). The summed E-state index contributed by atoms with van der Waals surface area (Å²) in [5, 5.41) is 3.77. The van der Waals surface area contributed by atoms with Crippen molar-refractivity contribution in [3.8, 4) is 11.5 Å². The molecule has 0 saturated carbocycles. The van der Waals surface area contributed by atoms with Crippen molar-refractivity contribution in [3.05, 3.63) is 18.2 Å². The maximum Gasteiger partial charge on any atom is 0.260 e. The molecule has 0 aromatic heterocycles. The predicted octanol–water partition coefficient (Wildman–Crippen LogP) is 0.982. The van der Waals surface area contributed by atoms with Crippen LogP contribution in [0.2, 0.25) is 0 Å². The first-order valence-electron chi connectivity index (χ1n) is 6.68. The van der Waals surface area contributed by atoms with Crippen LogP contribution in [0.15, 0.2) is 23.3 Å². The second-order valence-corrected chi connectivity index (χ2v) is 6.81. The van der Waals surface area contributed by atoms with Crippen molar-refractivity contribution in [3.63, 3.8) is 0 Å². The molecule has 0 aliphatic heterocycles. The number of hydrogen-bond acceptors (Lipinski definition) is 6. The summed E-state index contributed by atoms with van der Waals surface area (Å²) in [4.78, 5) is 11.9. The first kappa shape index (κ1) is 18.8. The van der Waals surface area contributed by atoms with Crippen molar-refractivity contribution >= 4 is 27.3 Å². The third-order valence-corrected chi connectivity index (χ3v) is 3.87. The molecule has 8 nitrogen and oxygen atoms in total. The molecule has 128 valence electrons. The van der Waals surface area contributed by atoms with Gasteiger partial charge >= 0.3 is 0 Å². The zero-order valence-electron chi connectivity index (χ0n) is 13.8. The molecule has 0 atom stereocenters. The summed E-state index contributed by atoms with van der Waals surface area (Å²) in [7, 11) is -0.807. The van der Waals surface area contributed by atoms with E-state index in [1.807, 2.05) is 0 Å². The van der Waals surface area contributed by atoms with E-state index in [0.29, 0.717) is 11.5 Å². The Kier molecular flexibility index (Phi) is 6.38. The highest BCUT2D eigenvalue weighted by Gasteiger charge is 2.24. The number of amides is 1. The van der Waals surface area contributed by atoms with Crippen LogP contribution in [0.3, 0.4) is 0 Å². The second kappa shape index (κ2) is 7.82. The number of carbonyl (C=O) groups excluding carboxylic acids is 1. The Balaban J connectivity index is 3.18. The van der Waals surface area contributed by atoms with Gasteiger partial charge in [-0.25, -0.2) is 13.8 Å². The zero-order valence-corrected chi connectivity index (χ0v) is 14.6. The van der Waals surface area contributed by atoms with Gasteiger partial charge in [0.25, 0.3) is 5.91 Å². The lowest BCUT2D eigenvalue weighted by Gasteiger charge is -2.23. The number of anilines is 1. The SMILES string of the molecule is COc1ccc(N(CC(=O)NN=C(C)C)S(C)(=O)=O)c(OC)c1. The van der Waals surface area contributed by atoms with Crippen LogP contribution in [-0.4, -0.2) is 47.1 Å². The molecular formula is C14H21N3O5S. The maximum absolute atomic E-state index is 12.1. The molecule has 0 aliphatic rings. The van der Waals surface area contributed by atoms with Gasteiger partial charge in [0, 0.05) is 11.8 Å². The van der Waals surface area contributed by atoms with Gasteiger partial charge in [0.2, 0.25) is 10.0 Å². The van der Waals surface area contributed by atoms with Gasteiger partial charge < -0.3 is 9.47 Å². The van der Waals surface area contributed by atoms with E-state index in [0.717, 1.165) is 10.6 Å². The molecular weight excluding hydrogens is 322 g/mol. The Labute approximate surface area is 136 Å². The molecule has 0 bridgehead atoms. The molecule has 0 radical (unpaired) electrons. The number of methoxy groups -OCH3 is 2. The van der Waals surface area contributed by atoms with E-state index in [1.165, 1.54) is 20.3 Å². The summed E-state index contributed by atoms with van der Waals surface area (Å²) >= 11 is 0. The van der Waals surface area contributed by atoms with E-state index in [1.54, 1.807) is 26.0 Å². The first-order valence-corrected chi connectivity index (χ1v) is 8.53. The number of sulfonamides is 1. The average Bonchev–Trinajstić information content (AvgIpc) is 2.48. The molecule has 1 amide bonds. The van der Waals surface area contributed by atoms with Gasteiger partial charge in [-0.2, -0.15) is 5.10 Å². The van der Waals surface area contributed by atoms with Crippen LogP contribution >= 0.6 is 0 Å². The van der Waals surface area contributed by atoms with Crippen LogP contribution in [0.1, 0.15) is 13.8 Å². The van der Waals surface area contributed by atoms with Gasteiger partial charge in [0.05, 0.1) is 26.2 Å². The van der Waals surface area contributed by atoms with Crippen LogP contribution in [0, 0.1) is 0 Å². The van der Waals surface area contributed by atoms with Crippen LogP contribution in [-0.2, 0) is 14.8 Å². The van der Waals surface area contributed by atoms with Crippen molar-refractivity contribution in [2.75, 3.05) is 31.3 Å². The molecule has 0 heterocycles. The first-order chi connectivity index (χ1) is 10.7. The number of carbonyl (C=O) groups is 1. The Morgan fingerprint density at radius 2 is 1.91 bits per heavy atom. The Bertz CT molecular complexity index is 696. The van der Waals surface area contributed by atoms with Gasteiger partial charge in [0.15, 0.2) is 0 Å². The van der Waals surface area contributed by atoms with Crippen molar-refractivity contribution in [2.24, 2.45) is 5.10 Å². The van der Waals surface area contributed by atoms with Gasteiger partial charge in [0.1, 0.15) is 18.0 Å². The lowest BCUT2D eigenvalue weighted by Crippen LogP contribution is -2.39. The monoisotopic (exact) mass is 343 g/mol. The van der Waals surface area contributed by atoms with Crippen molar-refractivity contribution < 1.29 is 22.7 Å². The van der Waals surface area contributed by atoms with Crippen LogP contribution in [0.4, 0.5) is 5.69 Å². The highest BCUT2D eigenvalue weighted by atomic mass is 32.2. The highest BCUT2D eigenvalue weighted by Crippen LogP contribution is 2.33. The third kappa shape index (κ3) is 5.44. The fraction of sp³-hybridized carbons (Fsp3) is 0.429. The summed E-state index contributed by atoms with van der Waals surface area (Å²) in [6, 6.07) is 4.64. The van der Waals surface area contributed by atoms with Crippen molar-refractivity contribution in [2.45, 2.75) is 13.8 Å². The van der Waals surface area contributed by atoms with E-state index in [-0.39, 0.29) is 11.4 Å². The highest BCUT2D eigenvalue weighted by molar-refractivity contribution is 7.92. The molecule has 1 N–H and O–H groups in total. The molecule has 0 aliphatic carbocycles. The molecule has 0 unspecified atom stereocenters. The van der Waals surface area contributed by atoms with E-state index in [9.17, 15) is 13.2 Å². The average molecular weight is 343 g/mol. The number of nitrogens with zero attached hydrogens (tertiary/aromatic N) is 2. The number of ether oxygens (including phenoxy) is 2. The van der Waals surface area contributed by atoms with Gasteiger partial charge in [-0.1, -0.05) is 0 Å². The molecule has 0 fully saturated rings. The molecule has 1 aromatic carbocycles. The molecule has 0 saturated heterocycles. The lowest BCUT2D eigenvalue weighted by molar-refractivity contribution is -0.119. The number of hydrazone groups is 1. The van der Waals surface area contributed by atoms with Crippen LogP contribution in [0.5, 0.6) is 11.5 Å². The summed E-state index contributed by atoms with van der Waals surface area (Å²) in [5.41, 5.74) is 3.18. The minimum atomic E-state index is -3.70. The summed E-state index contributed by atoms with van der Waals surface area (Å²) in [6.45, 7) is 3.00. The quantitative estimate of drug-likeness (QED) is 0.588. The predicted molar refractivity (Wildman–Crippen MR) is 88.7 cm³/mol. The van der Waals surface area contributed by atoms with E-state index in [2.05, 4.69) is 10.5 Å². The molecule has 23 heavy (non-hydrogen) atoms.